The zero-order valence-electron chi connectivity index (χ0n) is 8.74. The van der Waals surface area contributed by atoms with Crippen molar-refractivity contribution < 1.29 is 9.47 Å². The van der Waals surface area contributed by atoms with Crippen LogP contribution in [0.5, 0.6) is 0 Å². The monoisotopic (exact) mass is 194 g/mol. The predicted octanol–water partition coefficient (Wildman–Crippen LogP) is 2.46. The van der Waals surface area contributed by atoms with Crippen LogP contribution in [0.25, 0.3) is 0 Å². The molecule has 1 aliphatic carbocycles. The average molecular weight is 194 g/mol. The molecule has 0 N–H and O–H groups in total. The molecule has 1 fully saturated rings. The first-order valence-electron chi connectivity index (χ1n) is 5.44. The summed E-state index contributed by atoms with van der Waals surface area (Å²) in [4.78, 5) is 0. The van der Waals surface area contributed by atoms with E-state index in [0.717, 1.165) is 32.5 Å². The SMILES string of the molecule is CCC1(OCC2CCO2)C=CC=CC1. The van der Waals surface area contributed by atoms with Crippen LogP contribution in [0.4, 0.5) is 0 Å². The van der Waals surface area contributed by atoms with Crippen molar-refractivity contribution in [2.75, 3.05) is 13.2 Å². The lowest BCUT2D eigenvalue weighted by molar-refractivity contribution is -0.126. The van der Waals surface area contributed by atoms with E-state index < -0.39 is 0 Å². The fourth-order valence-corrected chi connectivity index (χ4v) is 1.79. The second kappa shape index (κ2) is 4.28. The number of allylic oxidation sites excluding steroid dienone is 2. The molecule has 78 valence electrons. The van der Waals surface area contributed by atoms with Crippen molar-refractivity contribution >= 4 is 0 Å². The van der Waals surface area contributed by atoms with Crippen LogP contribution < -0.4 is 0 Å². The number of rotatable bonds is 4. The zero-order chi connectivity index (χ0) is 9.86. The Labute approximate surface area is 85.6 Å². The minimum absolute atomic E-state index is 0.0618. The molecule has 1 saturated heterocycles. The Bertz CT molecular complexity index is 241. The highest BCUT2D eigenvalue weighted by Gasteiger charge is 2.28. The smallest absolute Gasteiger partial charge is 0.0898 e. The van der Waals surface area contributed by atoms with Gasteiger partial charge < -0.3 is 9.47 Å². The van der Waals surface area contributed by atoms with Crippen LogP contribution in [-0.2, 0) is 9.47 Å². The first-order valence-corrected chi connectivity index (χ1v) is 5.44. The minimum atomic E-state index is -0.0618. The lowest BCUT2D eigenvalue weighted by atomic mass is 9.92. The number of hydrogen-bond donors (Lipinski definition) is 0. The van der Waals surface area contributed by atoms with Crippen LogP contribution in [0.3, 0.4) is 0 Å². The van der Waals surface area contributed by atoms with E-state index in [2.05, 4.69) is 31.2 Å². The Morgan fingerprint density at radius 3 is 2.86 bits per heavy atom. The summed E-state index contributed by atoms with van der Waals surface area (Å²) < 4.78 is 11.3. The van der Waals surface area contributed by atoms with E-state index in [1.165, 1.54) is 0 Å². The van der Waals surface area contributed by atoms with Crippen molar-refractivity contribution in [2.24, 2.45) is 0 Å². The molecular formula is C12H18O2. The van der Waals surface area contributed by atoms with Crippen molar-refractivity contribution in [3.63, 3.8) is 0 Å². The van der Waals surface area contributed by atoms with Gasteiger partial charge in [-0.2, -0.15) is 0 Å². The highest BCUT2D eigenvalue weighted by Crippen LogP contribution is 2.27. The maximum absolute atomic E-state index is 5.96. The van der Waals surface area contributed by atoms with E-state index in [1.54, 1.807) is 0 Å². The maximum atomic E-state index is 5.96. The summed E-state index contributed by atoms with van der Waals surface area (Å²) in [6, 6.07) is 0. The summed E-state index contributed by atoms with van der Waals surface area (Å²) >= 11 is 0. The Kier molecular flexibility index (Phi) is 3.04. The van der Waals surface area contributed by atoms with Gasteiger partial charge in [0.25, 0.3) is 0 Å². The van der Waals surface area contributed by atoms with Crippen molar-refractivity contribution in [2.45, 2.75) is 37.9 Å². The van der Waals surface area contributed by atoms with Crippen LogP contribution in [0.2, 0.25) is 0 Å². The molecule has 0 bridgehead atoms. The third-order valence-electron chi connectivity index (χ3n) is 3.06. The topological polar surface area (TPSA) is 18.5 Å². The van der Waals surface area contributed by atoms with Gasteiger partial charge >= 0.3 is 0 Å². The van der Waals surface area contributed by atoms with Crippen LogP contribution in [-0.4, -0.2) is 24.9 Å². The summed E-state index contributed by atoms with van der Waals surface area (Å²) in [5, 5.41) is 0. The van der Waals surface area contributed by atoms with Crippen molar-refractivity contribution in [1.29, 1.82) is 0 Å². The molecule has 0 amide bonds. The Morgan fingerprint density at radius 1 is 1.50 bits per heavy atom. The zero-order valence-corrected chi connectivity index (χ0v) is 8.74. The van der Waals surface area contributed by atoms with Crippen molar-refractivity contribution in [3.8, 4) is 0 Å². The molecule has 2 heteroatoms. The first-order chi connectivity index (χ1) is 6.85. The standard InChI is InChI=1S/C12H18O2/c1-2-12(7-4-3-5-8-12)14-10-11-6-9-13-11/h3-5,7,11H,2,6,8-10H2,1H3. The molecule has 2 rings (SSSR count). The van der Waals surface area contributed by atoms with Crippen LogP contribution in [0, 0.1) is 0 Å². The van der Waals surface area contributed by atoms with Crippen LogP contribution >= 0.6 is 0 Å². The Hall–Kier alpha value is -0.600. The largest absolute Gasteiger partial charge is 0.376 e. The van der Waals surface area contributed by atoms with E-state index in [1.807, 2.05) is 0 Å². The highest BCUT2D eigenvalue weighted by molar-refractivity contribution is 5.18. The molecule has 2 nitrogen and oxygen atoms in total. The molecule has 0 spiro atoms. The minimum Gasteiger partial charge on any atom is -0.376 e. The van der Waals surface area contributed by atoms with Gasteiger partial charge in [-0.15, -0.1) is 0 Å². The molecule has 14 heavy (non-hydrogen) atoms. The average Bonchev–Trinajstić information content (AvgIpc) is 2.17. The fraction of sp³-hybridized carbons (Fsp3) is 0.667. The molecule has 0 radical (unpaired) electrons. The molecule has 2 aliphatic rings. The molecule has 1 aliphatic heterocycles. The Balaban J connectivity index is 1.85. The molecule has 0 aromatic rings. The molecule has 2 unspecified atom stereocenters. The summed E-state index contributed by atoms with van der Waals surface area (Å²) in [5.41, 5.74) is -0.0618. The first kappa shape index (κ1) is 9.94. The molecular weight excluding hydrogens is 176 g/mol. The molecule has 0 saturated carbocycles. The summed E-state index contributed by atoms with van der Waals surface area (Å²) in [6.07, 6.45) is 12.0. The molecule has 0 aromatic heterocycles. The highest BCUT2D eigenvalue weighted by atomic mass is 16.6. The van der Waals surface area contributed by atoms with Gasteiger partial charge in [-0.05, 0) is 19.3 Å². The molecule has 1 heterocycles. The number of ether oxygens (including phenoxy) is 2. The van der Waals surface area contributed by atoms with E-state index in [4.69, 9.17) is 9.47 Å². The maximum Gasteiger partial charge on any atom is 0.0898 e. The molecule has 2 atom stereocenters. The van der Waals surface area contributed by atoms with Gasteiger partial charge in [0.1, 0.15) is 0 Å². The van der Waals surface area contributed by atoms with Gasteiger partial charge in [0.15, 0.2) is 0 Å². The van der Waals surface area contributed by atoms with Gasteiger partial charge in [0.2, 0.25) is 0 Å². The van der Waals surface area contributed by atoms with Crippen molar-refractivity contribution in [1.82, 2.24) is 0 Å². The third kappa shape index (κ3) is 2.07. The van der Waals surface area contributed by atoms with Gasteiger partial charge in [0, 0.05) is 6.61 Å². The predicted molar refractivity (Wildman–Crippen MR) is 56.2 cm³/mol. The van der Waals surface area contributed by atoms with Gasteiger partial charge in [-0.1, -0.05) is 31.2 Å². The summed E-state index contributed by atoms with van der Waals surface area (Å²) in [6.45, 7) is 3.82. The lowest BCUT2D eigenvalue weighted by Gasteiger charge is -2.34. The number of hydrogen-bond acceptors (Lipinski definition) is 2. The lowest BCUT2D eigenvalue weighted by Crippen LogP contribution is -2.38. The van der Waals surface area contributed by atoms with E-state index in [-0.39, 0.29) is 5.60 Å². The second-order valence-corrected chi connectivity index (χ2v) is 4.00. The Morgan fingerprint density at radius 2 is 2.36 bits per heavy atom. The van der Waals surface area contributed by atoms with Crippen molar-refractivity contribution in [3.05, 3.63) is 24.3 Å². The van der Waals surface area contributed by atoms with Gasteiger partial charge in [0.05, 0.1) is 18.3 Å². The third-order valence-corrected chi connectivity index (χ3v) is 3.06. The summed E-state index contributed by atoms with van der Waals surface area (Å²) in [7, 11) is 0. The normalized spacial score (nSPS) is 35.6. The second-order valence-electron chi connectivity index (χ2n) is 4.00. The van der Waals surface area contributed by atoms with Gasteiger partial charge in [-0.25, -0.2) is 0 Å². The van der Waals surface area contributed by atoms with E-state index in [0.29, 0.717) is 6.10 Å². The molecule has 0 aromatic carbocycles. The van der Waals surface area contributed by atoms with Gasteiger partial charge in [-0.3, -0.25) is 0 Å². The van der Waals surface area contributed by atoms with E-state index in [9.17, 15) is 0 Å². The summed E-state index contributed by atoms with van der Waals surface area (Å²) in [5.74, 6) is 0. The van der Waals surface area contributed by atoms with Crippen LogP contribution in [0.15, 0.2) is 24.3 Å². The van der Waals surface area contributed by atoms with Crippen LogP contribution in [0.1, 0.15) is 26.2 Å². The quantitative estimate of drug-likeness (QED) is 0.684. The fourth-order valence-electron chi connectivity index (χ4n) is 1.79. The van der Waals surface area contributed by atoms with E-state index >= 15 is 0 Å².